The Labute approximate surface area is 213 Å². The number of Topliss-reactive ketones (excluding diaryl/α,β-unsaturated/α-hetero) is 1. The third-order valence-corrected chi connectivity index (χ3v) is 6.65. The zero-order chi connectivity index (χ0) is 25.8. The molecule has 5 rings (SSSR count). The third-order valence-electron chi connectivity index (χ3n) is 6.65. The lowest BCUT2D eigenvalue weighted by atomic mass is 10.0. The van der Waals surface area contributed by atoms with Gasteiger partial charge in [-0.3, -0.25) is 14.5 Å². The summed E-state index contributed by atoms with van der Waals surface area (Å²) in [4.78, 5) is 40.5. The maximum absolute atomic E-state index is 14.8. The monoisotopic (exact) mass is 505 g/mol. The Balaban J connectivity index is 1.10. The molecule has 0 saturated carbocycles. The van der Waals surface area contributed by atoms with Gasteiger partial charge in [0.2, 0.25) is 5.91 Å². The number of ketones is 1. The lowest BCUT2D eigenvalue weighted by molar-refractivity contribution is -0.121. The number of carbonyl (C=O) groups is 3. The fourth-order valence-electron chi connectivity index (χ4n) is 4.61. The van der Waals surface area contributed by atoms with Crippen LogP contribution in [0, 0.1) is 5.82 Å². The molecule has 2 saturated heterocycles. The Hall–Kier alpha value is -3.98. The summed E-state index contributed by atoms with van der Waals surface area (Å²) in [5, 5.41) is 4.75. The Morgan fingerprint density at radius 3 is 2.54 bits per heavy atom. The van der Waals surface area contributed by atoms with E-state index in [1.54, 1.807) is 18.2 Å². The average Bonchev–Trinajstić information content (AvgIpc) is 3.31. The number of fused-ring (bicyclic) bond motifs is 1. The summed E-state index contributed by atoms with van der Waals surface area (Å²) < 4.78 is 25.4. The molecule has 192 valence electrons. The van der Waals surface area contributed by atoms with Gasteiger partial charge in [0.05, 0.1) is 37.7 Å². The normalized spacial score (nSPS) is 17.6. The van der Waals surface area contributed by atoms with Crippen molar-refractivity contribution >= 4 is 39.9 Å². The van der Waals surface area contributed by atoms with Gasteiger partial charge in [-0.15, -0.1) is 0 Å². The van der Waals surface area contributed by atoms with E-state index in [0.29, 0.717) is 43.2 Å². The minimum Gasteiger partial charge on any atom is -0.442 e. The van der Waals surface area contributed by atoms with Crippen LogP contribution in [0.15, 0.2) is 60.7 Å². The Morgan fingerprint density at radius 1 is 0.973 bits per heavy atom. The van der Waals surface area contributed by atoms with Gasteiger partial charge in [-0.05, 0) is 35.0 Å². The minimum atomic E-state index is -0.593. The number of amides is 2. The summed E-state index contributed by atoms with van der Waals surface area (Å²) >= 11 is 0. The highest BCUT2D eigenvalue weighted by Crippen LogP contribution is 2.28. The molecule has 9 heteroatoms. The van der Waals surface area contributed by atoms with Gasteiger partial charge in [0.1, 0.15) is 11.9 Å². The van der Waals surface area contributed by atoms with Crippen LogP contribution in [0.5, 0.6) is 0 Å². The molecule has 0 bridgehead atoms. The standard InChI is InChI=1S/C28H28FN3O5/c29-24-16-22(7-8-25(24)31-11-13-36-14-12-31)32-18-23(37-28(32)35)17-30-27(34)10-9-26(33)21-6-5-19-3-1-2-4-20(19)15-21/h1-8,15-16,23H,9-14,17-18H2,(H,30,34)/t23-/m0/s1. The molecule has 0 aliphatic carbocycles. The van der Waals surface area contributed by atoms with Crippen molar-refractivity contribution in [1.82, 2.24) is 5.32 Å². The van der Waals surface area contributed by atoms with Gasteiger partial charge in [-0.2, -0.15) is 0 Å². The number of ether oxygens (including phenoxy) is 2. The Bertz CT molecular complexity index is 1320. The fraction of sp³-hybridized carbons (Fsp3) is 0.321. The molecule has 3 aromatic rings. The Kier molecular flexibility index (Phi) is 7.32. The lowest BCUT2D eigenvalue weighted by Gasteiger charge is -2.29. The van der Waals surface area contributed by atoms with Crippen molar-refractivity contribution in [3.05, 3.63) is 72.0 Å². The summed E-state index contributed by atoms with van der Waals surface area (Å²) in [5.41, 5.74) is 1.44. The van der Waals surface area contributed by atoms with Crippen LogP contribution in [-0.4, -0.2) is 63.3 Å². The number of cyclic esters (lactones) is 1. The number of nitrogens with zero attached hydrogens (tertiary/aromatic N) is 2. The molecule has 0 aromatic heterocycles. The van der Waals surface area contributed by atoms with Crippen molar-refractivity contribution in [2.45, 2.75) is 18.9 Å². The molecule has 2 fully saturated rings. The third kappa shape index (κ3) is 5.72. The first kappa shape index (κ1) is 24.7. The number of carbonyl (C=O) groups excluding carboxylic acids is 3. The summed E-state index contributed by atoms with van der Waals surface area (Å²) in [5.74, 6) is -0.827. The van der Waals surface area contributed by atoms with Gasteiger partial charge in [-0.1, -0.05) is 36.4 Å². The summed E-state index contributed by atoms with van der Waals surface area (Å²) in [6.45, 7) is 2.61. The second kappa shape index (κ2) is 11.0. The zero-order valence-corrected chi connectivity index (χ0v) is 20.3. The molecule has 8 nitrogen and oxygen atoms in total. The first-order valence-corrected chi connectivity index (χ1v) is 12.4. The number of nitrogens with one attached hydrogen (secondary N) is 1. The summed E-state index contributed by atoms with van der Waals surface area (Å²) in [6.07, 6.45) is -1.06. The van der Waals surface area contributed by atoms with Crippen LogP contribution in [0.2, 0.25) is 0 Å². The van der Waals surface area contributed by atoms with Crippen molar-refractivity contribution in [2.75, 3.05) is 49.2 Å². The van der Waals surface area contributed by atoms with Gasteiger partial charge < -0.3 is 19.7 Å². The first-order chi connectivity index (χ1) is 18.0. The fourth-order valence-corrected chi connectivity index (χ4v) is 4.61. The van der Waals surface area contributed by atoms with Crippen LogP contribution in [-0.2, 0) is 14.3 Å². The number of morpholine rings is 1. The van der Waals surface area contributed by atoms with Gasteiger partial charge in [0.15, 0.2) is 5.78 Å². The molecule has 3 aromatic carbocycles. The smallest absolute Gasteiger partial charge is 0.414 e. The van der Waals surface area contributed by atoms with Gasteiger partial charge in [0.25, 0.3) is 0 Å². The van der Waals surface area contributed by atoms with E-state index in [-0.39, 0.29) is 37.6 Å². The molecule has 0 radical (unpaired) electrons. The van der Waals surface area contributed by atoms with Crippen LogP contribution in [0.3, 0.4) is 0 Å². The van der Waals surface area contributed by atoms with E-state index < -0.39 is 18.0 Å². The topological polar surface area (TPSA) is 88.2 Å². The van der Waals surface area contributed by atoms with E-state index in [1.165, 1.54) is 11.0 Å². The quantitative estimate of drug-likeness (QED) is 0.467. The van der Waals surface area contributed by atoms with Crippen LogP contribution >= 0.6 is 0 Å². The lowest BCUT2D eigenvalue weighted by Crippen LogP contribution is -2.37. The molecule has 2 aliphatic rings. The largest absolute Gasteiger partial charge is 0.442 e. The highest BCUT2D eigenvalue weighted by atomic mass is 19.1. The van der Waals surface area contributed by atoms with Crippen LogP contribution in [0.4, 0.5) is 20.6 Å². The van der Waals surface area contributed by atoms with Crippen molar-refractivity contribution in [3.8, 4) is 0 Å². The molecule has 2 amide bonds. The van der Waals surface area contributed by atoms with Crippen LogP contribution in [0.25, 0.3) is 10.8 Å². The zero-order valence-electron chi connectivity index (χ0n) is 20.3. The molecule has 0 unspecified atom stereocenters. The van der Waals surface area contributed by atoms with E-state index in [0.717, 1.165) is 10.8 Å². The van der Waals surface area contributed by atoms with Crippen molar-refractivity contribution in [1.29, 1.82) is 0 Å². The predicted octanol–water partition coefficient (Wildman–Crippen LogP) is 3.92. The molecule has 1 N–H and O–H groups in total. The summed E-state index contributed by atoms with van der Waals surface area (Å²) in [7, 11) is 0. The van der Waals surface area contributed by atoms with Crippen molar-refractivity contribution in [3.63, 3.8) is 0 Å². The average molecular weight is 506 g/mol. The predicted molar refractivity (Wildman–Crippen MR) is 138 cm³/mol. The van der Waals surface area contributed by atoms with E-state index in [2.05, 4.69) is 5.32 Å². The van der Waals surface area contributed by atoms with Gasteiger partial charge >= 0.3 is 6.09 Å². The van der Waals surface area contributed by atoms with Gasteiger partial charge in [-0.25, -0.2) is 9.18 Å². The number of benzene rings is 3. The molecule has 2 aliphatic heterocycles. The molecular weight excluding hydrogens is 477 g/mol. The molecule has 0 spiro atoms. The second-order valence-electron chi connectivity index (χ2n) is 9.14. The SMILES string of the molecule is O=C(CCC(=O)c1ccc2ccccc2c1)NC[C@H]1CN(c2ccc(N3CCOCC3)c(F)c2)C(=O)O1. The van der Waals surface area contributed by atoms with Crippen molar-refractivity contribution < 1.29 is 28.2 Å². The number of hydrogen-bond donors (Lipinski definition) is 1. The first-order valence-electron chi connectivity index (χ1n) is 12.4. The number of anilines is 2. The molecular formula is C28H28FN3O5. The highest BCUT2D eigenvalue weighted by Gasteiger charge is 2.33. The van der Waals surface area contributed by atoms with E-state index in [9.17, 15) is 18.8 Å². The Morgan fingerprint density at radius 2 is 1.76 bits per heavy atom. The highest BCUT2D eigenvalue weighted by molar-refractivity contribution is 6.01. The van der Waals surface area contributed by atoms with E-state index in [1.807, 2.05) is 41.3 Å². The van der Waals surface area contributed by atoms with Gasteiger partial charge in [0, 0.05) is 31.5 Å². The van der Waals surface area contributed by atoms with E-state index >= 15 is 0 Å². The maximum Gasteiger partial charge on any atom is 0.414 e. The number of rotatable bonds is 8. The second-order valence-corrected chi connectivity index (χ2v) is 9.14. The number of hydrogen-bond acceptors (Lipinski definition) is 6. The van der Waals surface area contributed by atoms with Crippen LogP contribution < -0.4 is 15.1 Å². The molecule has 1 atom stereocenters. The maximum atomic E-state index is 14.8. The molecule has 2 heterocycles. The minimum absolute atomic E-state index is 0.0320. The summed E-state index contributed by atoms with van der Waals surface area (Å²) in [6, 6.07) is 17.9. The van der Waals surface area contributed by atoms with E-state index in [4.69, 9.17) is 9.47 Å². The number of halogens is 1. The van der Waals surface area contributed by atoms with Crippen molar-refractivity contribution in [2.24, 2.45) is 0 Å². The molecule has 37 heavy (non-hydrogen) atoms. The van der Waals surface area contributed by atoms with Crippen LogP contribution in [0.1, 0.15) is 23.2 Å².